The highest BCUT2D eigenvalue weighted by Gasteiger charge is 2.21. The lowest BCUT2D eigenvalue weighted by atomic mass is 9.89. The molecule has 1 rings (SSSR count). The minimum absolute atomic E-state index is 0. The summed E-state index contributed by atoms with van der Waals surface area (Å²) in [4.78, 5) is 6.44. The third-order valence-corrected chi connectivity index (χ3v) is 5.70. The van der Waals surface area contributed by atoms with Crippen LogP contribution in [0.15, 0.2) is 4.99 Å². The molecule has 0 amide bonds. The minimum Gasteiger partial charge on any atom is -0.355 e. The number of sulfone groups is 1. The Labute approximate surface area is 165 Å². The maximum Gasteiger partial charge on any atom is 0.191 e. The van der Waals surface area contributed by atoms with Gasteiger partial charge in [0.1, 0.15) is 0 Å². The van der Waals surface area contributed by atoms with Crippen molar-refractivity contribution in [2.45, 2.75) is 46.6 Å². The van der Waals surface area contributed by atoms with Crippen molar-refractivity contribution < 1.29 is 8.42 Å². The van der Waals surface area contributed by atoms with Crippen LogP contribution in [0.4, 0.5) is 0 Å². The van der Waals surface area contributed by atoms with E-state index >= 15 is 0 Å². The van der Waals surface area contributed by atoms with Gasteiger partial charge in [-0.15, -0.1) is 24.0 Å². The Hall–Kier alpha value is -0.0900. The maximum absolute atomic E-state index is 11.4. The van der Waals surface area contributed by atoms with E-state index in [2.05, 4.69) is 48.2 Å². The van der Waals surface area contributed by atoms with E-state index in [-0.39, 0.29) is 35.5 Å². The Morgan fingerprint density at radius 1 is 1.25 bits per heavy atom. The smallest absolute Gasteiger partial charge is 0.191 e. The Bertz CT molecular complexity index is 475. The van der Waals surface area contributed by atoms with Crippen LogP contribution >= 0.6 is 24.0 Å². The van der Waals surface area contributed by atoms with E-state index in [1.165, 1.54) is 6.42 Å². The molecule has 1 fully saturated rings. The van der Waals surface area contributed by atoms with Crippen LogP contribution in [0.3, 0.4) is 0 Å². The molecule has 0 aromatic heterocycles. The molecule has 1 heterocycles. The van der Waals surface area contributed by atoms with Crippen LogP contribution in [-0.4, -0.2) is 70.1 Å². The number of nitrogens with one attached hydrogen (secondary N) is 2. The number of nitrogens with zero attached hydrogens (tertiary/aromatic N) is 2. The van der Waals surface area contributed by atoms with Gasteiger partial charge < -0.3 is 10.6 Å². The Morgan fingerprint density at radius 3 is 2.33 bits per heavy atom. The van der Waals surface area contributed by atoms with Crippen LogP contribution in [0.25, 0.3) is 0 Å². The Morgan fingerprint density at radius 2 is 1.83 bits per heavy atom. The average Bonchev–Trinajstić information content (AvgIpc) is 2.45. The van der Waals surface area contributed by atoms with Crippen molar-refractivity contribution in [3.63, 3.8) is 0 Å². The van der Waals surface area contributed by atoms with Crippen molar-refractivity contribution in [3.05, 3.63) is 0 Å². The van der Waals surface area contributed by atoms with Crippen LogP contribution in [-0.2, 0) is 9.84 Å². The molecule has 1 aliphatic rings. The van der Waals surface area contributed by atoms with Gasteiger partial charge in [0.2, 0.25) is 0 Å². The second kappa shape index (κ2) is 10.8. The molecule has 0 aromatic rings. The van der Waals surface area contributed by atoms with Gasteiger partial charge in [-0.2, -0.15) is 0 Å². The van der Waals surface area contributed by atoms with Crippen molar-refractivity contribution in [2.75, 3.05) is 44.7 Å². The van der Waals surface area contributed by atoms with Crippen LogP contribution in [0.5, 0.6) is 0 Å². The summed E-state index contributed by atoms with van der Waals surface area (Å²) < 4.78 is 22.8. The van der Waals surface area contributed by atoms with Crippen molar-refractivity contribution in [3.8, 4) is 0 Å². The van der Waals surface area contributed by atoms with Crippen LogP contribution in [0.2, 0.25) is 0 Å². The van der Waals surface area contributed by atoms with Gasteiger partial charge in [0.05, 0.1) is 11.5 Å². The van der Waals surface area contributed by atoms with Crippen molar-refractivity contribution in [1.82, 2.24) is 15.5 Å². The van der Waals surface area contributed by atoms with Gasteiger partial charge >= 0.3 is 0 Å². The zero-order chi connectivity index (χ0) is 17.5. The molecule has 1 saturated heterocycles. The SMILES string of the molecule is CN=C(NCCN1CCS(=O)(=O)CC1)NC(C)CCC(C)(C)C.I. The molecule has 24 heavy (non-hydrogen) atoms. The summed E-state index contributed by atoms with van der Waals surface area (Å²) in [6.45, 7) is 11.8. The third-order valence-electron chi connectivity index (χ3n) is 4.09. The Balaban J connectivity index is 0.00000529. The van der Waals surface area contributed by atoms with Crippen molar-refractivity contribution in [2.24, 2.45) is 10.4 Å². The number of hydrogen-bond acceptors (Lipinski definition) is 4. The molecular weight excluding hydrogens is 439 g/mol. The van der Waals surface area contributed by atoms with Crippen LogP contribution in [0, 0.1) is 5.41 Å². The molecule has 8 heteroatoms. The first kappa shape index (κ1) is 23.9. The number of hydrogen-bond donors (Lipinski definition) is 2. The van der Waals surface area contributed by atoms with Crippen molar-refractivity contribution in [1.29, 1.82) is 0 Å². The van der Waals surface area contributed by atoms with Gasteiger partial charge in [0.25, 0.3) is 0 Å². The molecule has 1 aliphatic heterocycles. The number of guanidine groups is 1. The number of aliphatic imine (C=N–C) groups is 1. The lowest BCUT2D eigenvalue weighted by molar-refractivity contribution is 0.299. The average molecular weight is 474 g/mol. The molecule has 0 bridgehead atoms. The highest BCUT2D eigenvalue weighted by atomic mass is 127. The monoisotopic (exact) mass is 474 g/mol. The number of rotatable bonds is 6. The molecule has 144 valence electrons. The summed E-state index contributed by atoms with van der Waals surface area (Å²) in [6, 6.07) is 0.376. The van der Waals surface area contributed by atoms with E-state index in [4.69, 9.17) is 0 Å². The summed E-state index contributed by atoms with van der Waals surface area (Å²) in [7, 11) is -1.02. The van der Waals surface area contributed by atoms with Crippen LogP contribution in [0.1, 0.15) is 40.5 Å². The first-order valence-corrected chi connectivity index (χ1v) is 10.3. The van der Waals surface area contributed by atoms with E-state index in [0.29, 0.717) is 24.5 Å². The molecule has 1 atom stereocenters. The predicted molar refractivity (Wildman–Crippen MR) is 113 cm³/mol. The molecule has 0 saturated carbocycles. The fourth-order valence-corrected chi connectivity index (χ4v) is 3.73. The first-order chi connectivity index (χ1) is 10.6. The third kappa shape index (κ3) is 10.7. The maximum atomic E-state index is 11.4. The quantitative estimate of drug-likeness (QED) is 0.349. The molecule has 2 N–H and O–H groups in total. The highest BCUT2D eigenvalue weighted by molar-refractivity contribution is 14.0. The Kier molecular flexibility index (Phi) is 10.8. The molecule has 0 aliphatic carbocycles. The van der Waals surface area contributed by atoms with E-state index in [1.54, 1.807) is 7.05 Å². The lowest BCUT2D eigenvalue weighted by Gasteiger charge is -2.27. The van der Waals surface area contributed by atoms with Gasteiger partial charge in [-0.25, -0.2) is 8.42 Å². The van der Waals surface area contributed by atoms with E-state index in [0.717, 1.165) is 25.5 Å². The summed E-state index contributed by atoms with van der Waals surface area (Å²) in [5.74, 6) is 1.38. The highest BCUT2D eigenvalue weighted by Crippen LogP contribution is 2.21. The van der Waals surface area contributed by atoms with E-state index in [9.17, 15) is 8.42 Å². The molecular formula is C16H35IN4O2S. The topological polar surface area (TPSA) is 73.8 Å². The van der Waals surface area contributed by atoms with Gasteiger partial charge in [-0.05, 0) is 25.2 Å². The molecule has 6 nitrogen and oxygen atoms in total. The zero-order valence-corrected chi connectivity index (χ0v) is 18.9. The van der Waals surface area contributed by atoms with E-state index < -0.39 is 9.84 Å². The molecule has 0 radical (unpaired) electrons. The van der Waals surface area contributed by atoms with Gasteiger partial charge in [-0.3, -0.25) is 9.89 Å². The summed E-state index contributed by atoms with van der Waals surface area (Å²) in [6.07, 6.45) is 2.27. The van der Waals surface area contributed by atoms with E-state index in [1.807, 2.05) is 0 Å². The summed E-state index contributed by atoms with van der Waals surface area (Å²) in [5.41, 5.74) is 0.349. The summed E-state index contributed by atoms with van der Waals surface area (Å²) in [5, 5.41) is 6.73. The lowest BCUT2D eigenvalue weighted by Crippen LogP contribution is -2.47. The fraction of sp³-hybridized carbons (Fsp3) is 0.938. The molecule has 0 aromatic carbocycles. The minimum atomic E-state index is -2.79. The fourth-order valence-electron chi connectivity index (χ4n) is 2.46. The molecule has 0 spiro atoms. The largest absolute Gasteiger partial charge is 0.355 e. The zero-order valence-electron chi connectivity index (χ0n) is 15.8. The second-order valence-corrected chi connectivity index (χ2v) is 9.94. The van der Waals surface area contributed by atoms with Gasteiger partial charge in [0.15, 0.2) is 15.8 Å². The first-order valence-electron chi connectivity index (χ1n) is 8.51. The predicted octanol–water partition coefficient (Wildman–Crippen LogP) is 1.71. The molecule has 1 unspecified atom stereocenters. The second-order valence-electron chi connectivity index (χ2n) is 7.64. The van der Waals surface area contributed by atoms with Gasteiger partial charge in [0, 0.05) is 39.3 Å². The number of halogens is 1. The van der Waals surface area contributed by atoms with Crippen molar-refractivity contribution >= 4 is 39.8 Å². The standard InChI is InChI=1S/C16H34N4O2S.HI/c1-14(6-7-16(2,3)4)19-15(17-5)18-8-9-20-10-12-23(21,22)13-11-20;/h14H,6-13H2,1-5H3,(H2,17,18,19);1H. The van der Waals surface area contributed by atoms with Gasteiger partial charge in [-0.1, -0.05) is 20.8 Å². The van der Waals surface area contributed by atoms with Crippen LogP contribution < -0.4 is 10.6 Å². The normalized spacial score (nSPS) is 20.1. The summed E-state index contributed by atoms with van der Waals surface area (Å²) >= 11 is 0.